The van der Waals surface area contributed by atoms with Gasteiger partial charge in [0.1, 0.15) is 5.76 Å². The van der Waals surface area contributed by atoms with Crippen LogP contribution >= 0.6 is 11.3 Å². The van der Waals surface area contributed by atoms with Gasteiger partial charge in [-0.3, -0.25) is 14.6 Å². The Hall–Kier alpha value is -3.34. The number of amides is 1. The Morgan fingerprint density at radius 2 is 1.80 bits per heavy atom. The molecular weight excluding hydrogens is 486 g/mol. The van der Waals surface area contributed by atoms with E-state index in [1.54, 1.807) is 18.5 Å². The normalized spacial score (nSPS) is 20.6. The first-order chi connectivity index (χ1) is 16.9. The third kappa shape index (κ3) is 4.29. The summed E-state index contributed by atoms with van der Waals surface area (Å²) < 4.78 is 27.1. The maximum Gasteiger partial charge on any atom is 0.295 e. The van der Waals surface area contributed by atoms with Crippen molar-refractivity contribution in [2.45, 2.75) is 30.3 Å². The number of aliphatic hydroxyl groups excluding tert-OH is 1. The standard InChI is InChI=1S/C25H23N3O5S2/c29-23(18-7-9-19(10-8-18)35(32,33)27-12-1-2-13-27)21-22(20-6-4-14-34-20)28(25(31)24(21)30)16-17-5-3-11-26-15-17/h3-11,14-15,22,29H,1-2,12-13,16H2/t22-/m0/s1. The minimum absolute atomic E-state index is 0.0171. The van der Waals surface area contributed by atoms with Crippen molar-refractivity contribution < 1.29 is 23.1 Å². The number of nitrogens with zero attached hydrogens (tertiary/aromatic N) is 3. The highest BCUT2D eigenvalue weighted by Gasteiger charge is 2.46. The highest BCUT2D eigenvalue weighted by molar-refractivity contribution is 7.89. The summed E-state index contributed by atoms with van der Waals surface area (Å²) in [5, 5.41) is 13.0. The van der Waals surface area contributed by atoms with E-state index >= 15 is 0 Å². The van der Waals surface area contributed by atoms with E-state index in [9.17, 15) is 23.1 Å². The molecule has 0 unspecified atom stereocenters. The fraction of sp³-hybridized carbons (Fsp3) is 0.240. The summed E-state index contributed by atoms with van der Waals surface area (Å²) in [7, 11) is -3.61. The first-order valence-electron chi connectivity index (χ1n) is 11.2. The summed E-state index contributed by atoms with van der Waals surface area (Å²) >= 11 is 1.38. The van der Waals surface area contributed by atoms with E-state index in [0.29, 0.717) is 13.1 Å². The molecule has 1 atom stereocenters. The van der Waals surface area contributed by atoms with Crippen molar-refractivity contribution in [1.29, 1.82) is 0 Å². The molecule has 8 nitrogen and oxygen atoms in total. The van der Waals surface area contributed by atoms with E-state index in [1.165, 1.54) is 44.8 Å². The molecule has 10 heteroatoms. The number of thiophene rings is 1. The number of aliphatic hydroxyl groups is 1. The van der Waals surface area contributed by atoms with Gasteiger partial charge in [0, 0.05) is 42.5 Å². The van der Waals surface area contributed by atoms with Gasteiger partial charge in [0.15, 0.2) is 0 Å². The van der Waals surface area contributed by atoms with Crippen molar-refractivity contribution in [3.8, 4) is 0 Å². The Labute approximate surface area is 207 Å². The van der Waals surface area contributed by atoms with Crippen molar-refractivity contribution in [1.82, 2.24) is 14.2 Å². The molecule has 2 saturated heterocycles. The molecule has 2 aromatic heterocycles. The minimum Gasteiger partial charge on any atom is -0.507 e. The smallest absolute Gasteiger partial charge is 0.295 e. The van der Waals surface area contributed by atoms with E-state index in [2.05, 4.69) is 4.98 Å². The van der Waals surface area contributed by atoms with Crippen molar-refractivity contribution in [2.75, 3.05) is 13.1 Å². The molecule has 0 aliphatic carbocycles. The number of rotatable bonds is 6. The maximum absolute atomic E-state index is 13.1. The quantitative estimate of drug-likeness (QED) is 0.309. The van der Waals surface area contributed by atoms with Crippen molar-refractivity contribution in [2.24, 2.45) is 0 Å². The van der Waals surface area contributed by atoms with Crippen LogP contribution in [0.5, 0.6) is 0 Å². The molecule has 0 radical (unpaired) electrons. The molecule has 0 spiro atoms. The lowest BCUT2D eigenvalue weighted by atomic mass is 10.00. The van der Waals surface area contributed by atoms with Crippen LogP contribution in [0.15, 0.2) is 76.8 Å². The van der Waals surface area contributed by atoms with Gasteiger partial charge in [-0.1, -0.05) is 12.1 Å². The van der Waals surface area contributed by atoms with E-state index in [-0.39, 0.29) is 28.3 Å². The number of hydrogen-bond acceptors (Lipinski definition) is 7. The number of pyridine rings is 1. The number of ketones is 1. The van der Waals surface area contributed by atoms with Gasteiger partial charge in [-0.25, -0.2) is 8.42 Å². The molecule has 5 rings (SSSR count). The summed E-state index contributed by atoms with van der Waals surface area (Å²) in [6, 6.07) is 12.2. The number of carbonyl (C=O) groups excluding carboxylic acids is 2. The molecular formula is C25H23N3O5S2. The summed E-state index contributed by atoms with van der Waals surface area (Å²) in [5.74, 6) is -1.82. The van der Waals surface area contributed by atoms with Crippen LogP contribution in [0.25, 0.3) is 5.76 Å². The minimum atomic E-state index is -3.61. The van der Waals surface area contributed by atoms with Gasteiger partial charge >= 0.3 is 0 Å². The Morgan fingerprint density at radius 3 is 2.43 bits per heavy atom. The van der Waals surface area contributed by atoms with Crippen LogP contribution in [-0.4, -0.2) is 52.5 Å². The van der Waals surface area contributed by atoms with Crippen molar-refractivity contribution in [3.63, 3.8) is 0 Å². The third-order valence-electron chi connectivity index (χ3n) is 6.26. The number of sulfonamides is 1. The van der Waals surface area contributed by atoms with Crippen LogP contribution in [0.1, 0.15) is 34.9 Å². The van der Waals surface area contributed by atoms with E-state index in [1.807, 2.05) is 23.6 Å². The average Bonchev–Trinajstić information content (AvgIpc) is 3.64. The van der Waals surface area contributed by atoms with Crippen molar-refractivity contribution in [3.05, 3.63) is 87.9 Å². The zero-order valence-electron chi connectivity index (χ0n) is 18.7. The molecule has 2 aliphatic rings. The lowest BCUT2D eigenvalue weighted by molar-refractivity contribution is -0.140. The number of Topliss-reactive ketones (excluding diaryl/α,β-unsaturated/α-hetero) is 1. The second-order valence-corrected chi connectivity index (χ2v) is 11.4. The van der Waals surface area contributed by atoms with Crippen LogP contribution in [0.4, 0.5) is 0 Å². The zero-order chi connectivity index (χ0) is 24.6. The number of aromatic nitrogens is 1. The fourth-order valence-electron chi connectivity index (χ4n) is 4.49. The average molecular weight is 510 g/mol. The highest BCUT2D eigenvalue weighted by Crippen LogP contribution is 2.42. The fourth-order valence-corrected chi connectivity index (χ4v) is 6.85. The monoisotopic (exact) mass is 509 g/mol. The number of likely N-dealkylation sites (tertiary alicyclic amines) is 1. The lowest BCUT2D eigenvalue weighted by Crippen LogP contribution is -2.28. The summed E-state index contributed by atoms with van der Waals surface area (Å²) in [6.07, 6.45) is 4.92. The van der Waals surface area contributed by atoms with Gasteiger partial charge in [-0.2, -0.15) is 4.31 Å². The summed E-state index contributed by atoms with van der Waals surface area (Å²) in [4.78, 5) is 32.5. The first kappa shape index (κ1) is 23.4. The Balaban J connectivity index is 1.53. The van der Waals surface area contributed by atoms with Gasteiger partial charge in [-0.05, 0) is 60.2 Å². The molecule has 0 bridgehead atoms. The maximum atomic E-state index is 13.1. The van der Waals surface area contributed by atoms with Crippen LogP contribution in [0.2, 0.25) is 0 Å². The van der Waals surface area contributed by atoms with E-state index in [4.69, 9.17) is 0 Å². The molecule has 35 heavy (non-hydrogen) atoms. The third-order valence-corrected chi connectivity index (χ3v) is 9.10. The SMILES string of the molecule is O=C1C(=O)N(Cc2cccnc2)[C@@H](c2cccs2)C1=C(O)c1ccc(S(=O)(=O)N2CCCC2)cc1. The van der Waals surface area contributed by atoms with E-state index in [0.717, 1.165) is 23.3 Å². The molecule has 0 saturated carbocycles. The van der Waals surface area contributed by atoms with Crippen LogP contribution < -0.4 is 0 Å². The molecule has 180 valence electrons. The van der Waals surface area contributed by atoms with Gasteiger partial charge in [0.2, 0.25) is 10.0 Å². The number of carbonyl (C=O) groups is 2. The van der Waals surface area contributed by atoms with E-state index < -0.39 is 27.8 Å². The second-order valence-electron chi connectivity index (χ2n) is 8.44. The molecule has 1 aromatic carbocycles. The van der Waals surface area contributed by atoms with Crippen molar-refractivity contribution >= 4 is 38.8 Å². The topological polar surface area (TPSA) is 108 Å². The molecule has 3 aromatic rings. The number of hydrogen-bond donors (Lipinski definition) is 1. The molecule has 2 fully saturated rings. The van der Waals surface area contributed by atoms with Crippen LogP contribution in [0, 0.1) is 0 Å². The molecule has 1 amide bonds. The largest absolute Gasteiger partial charge is 0.507 e. The van der Waals surface area contributed by atoms with Gasteiger partial charge in [0.25, 0.3) is 11.7 Å². The molecule has 2 aliphatic heterocycles. The lowest BCUT2D eigenvalue weighted by Gasteiger charge is -2.24. The molecule has 4 heterocycles. The van der Waals surface area contributed by atoms with Crippen LogP contribution in [0.3, 0.4) is 0 Å². The predicted octanol–water partition coefficient (Wildman–Crippen LogP) is 3.55. The second kappa shape index (κ2) is 9.37. The first-order valence-corrected chi connectivity index (χ1v) is 13.5. The van der Waals surface area contributed by atoms with Gasteiger partial charge < -0.3 is 10.0 Å². The zero-order valence-corrected chi connectivity index (χ0v) is 20.3. The summed E-state index contributed by atoms with van der Waals surface area (Å²) in [6.45, 7) is 1.14. The Morgan fingerprint density at radius 1 is 1.06 bits per heavy atom. The molecule has 1 N–H and O–H groups in total. The van der Waals surface area contributed by atoms with Gasteiger partial charge in [-0.15, -0.1) is 11.3 Å². The Bertz CT molecular complexity index is 1380. The Kier molecular flexibility index (Phi) is 6.26. The summed E-state index contributed by atoms with van der Waals surface area (Å²) in [5.41, 5.74) is 1.01. The predicted molar refractivity (Wildman–Crippen MR) is 131 cm³/mol. The number of benzene rings is 1. The van der Waals surface area contributed by atoms with Crippen LogP contribution in [-0.2, 0) is 26.2 Å². The highest BCUT2D eigenvalue weighted by atomic mass is 32.2. The van der Waals surface area contributed by atoms with Gasteiger partial charge in [0.05, 0.1) is 16.5 Å².